The highest BCUT2D eigenvalue weighted by Gasteiger charge is 2.87. The lowest BCUT2D eigenvalue weighted by Gasteiger charge is -2.63. The van der Waals surface area contributed by atoms with Crippen LogP contribution in [0.15, 0.2) is 0 Å². The zero-order valence-corrected chi connectivity index (χ0v) is 31.0. The van der Waals surface area contributed by atoms with Gasteiger partial charge in [-0.2, -0.15) is 0 Å². The van der Waals surface area contributed by atoms with Gasteiger partial charge < -0.3 is 54.7 Å². The van der Waals surface area contributed by atoms with Crippen LogP contribution in [0.2, 0.25) is 0 Å². The minimum atomic E-state index is -1.88. The predicted octanol–water partition coefficient (Wildman–Crippen LogP) is 2.01. The Morgan fingerprint density at radius 3 is 2.20 bits per heavy atom. The van der Waals surface area contributed by atoms with Crippen molar-refractivity contribution < 1.29 is 59.5 Å². The maximum absolute atomic E-state index is 12.6. The Kier molecular flexibility index (Phi) is 8.63. The van der Waals surface area contributed by atoms with Crippen LogP contribution in [0.4, 0.5) is 0 Å². The molecule has 7 rings (SSSR count). The summed E-state index contributed by atoms with van der Waals surface area (Å²) in [6.45, 7) is 14.9. The molecule has 7 aliphatic rings. The molecule has 2 aliphatic heterocycles. The summed E-state index contributed by atoms with van der Waals surface area (Å²) in [6.07, 6.45) is -3.16. The van der Waals surface area contributed by atoms with Crippen molar-refractivity contribution >= 4 is 5.97 Å². The Hall–Kier alpha value is -0.930. The normalized spacial score (nSPS) is 55.8. The van der Waals surface area contributed by atoms with Crippen LogP contribution in [0.3, 0.4) is 0 Å². The monoisotopic (exact) mass is 710 g/mol. The van der Waals surface area contributed by atoms with E-state index < -0.39 is 83.8 Å². The third-order valence-corrected chi connectivity index (χ3v) is 16.3. The van der Waals surface area contributed by atoms with E-state index in [0.717, 1.165) is 38.5 Å². The molecule has 5 saturated carbocycles. The number of aliphatic hydroxyl groups is 7. The SMILES string of the molecule is CC(=O)OC(C1CC(C)C2C(O)(O1)C(O)C1(C)C3CCC4C(C)(C)C(OC5OC(CO)C(O)C(O)C5O)CCC45CC35CCC21C)C(C)(C)O. The number of hydrogen-bond acceptors (Lipinski definition) is 12. The van der Waals surface area contributed by atoms with Crippen LogP contribution in [-0.2, 0) is 23.7 Å². The number of aliphatic hydroxyl groups excluding tert-OH is 5. The molecule has 5 aliphatic carbocycles. The van der Waals surface area contributed by atoms with E-state index in [9.17, 15) is 40.5 Å². The Morgan fingerprint density at radius 1 is 0.940 bits per heavy atom. The first-order chi connectivity index (χ1) is 23.1. The van der Waals surface area contributed by atoms with Crippen molar-refractivity contribution in [2.24, 2.45) is 50.7 Å². The van der Waals surface area contributed by atoms with Gasteiger partial charge in [0.05, 0.1) is 18.3 Å². The Labute approximate surface area is 295 Å². The fourth-order valence-electron chi connectivity index (χ4n) is 14.1. The first-order valence-electron chi connectivity index (χ1n) is 19.0. The van der Waals surface area contributed by atoms with Gasteiger partial charge in [0.25, 0.3) is 0 Å². The van der Waals surface area contributed by atoms with Crippen LogP contribution in [0.1, 0.15) is 107 Å². The highest BCUT2D eigenvalue weighted by Crippen LogP contribution is 2.89. The topological polar surface area (TPSA) is 196 Å². The minimum absolute atomic E-state index is 0.0175. The molecule has 7 N–H and O–H groups in total. The van der Waals surface area contributed by atoms with E-state index in [-0.39, 0.29) is 40.1 Å². The van der Waals surface area contributed by atoms with Gasteiger partial charge >= 0.3 is 5.97 Å². The Morgan fingerprint density at radius 2 is 1.58 bits per heavy atom. The lowest BCUT2D eigenvalue weighted by molar-refractivity contribution is -0.342. The van der Waals surface area contributed by atoms with E-state index in [1.54, 1.807) is 13.8 Å². The van der Waals surface area contributed by atoms with Crippen LogP contribution >= 0.6 is 0 Å². The molecule has 12 heteroatoms. The molecule has 50 heavy (non-hydrogen) atoms. The molecule has 18 unspecified atom stereocenters. The van der Waals surface area contributed by atoms with Gasteiger partial charge in [0.2, 0.25) is 0 Å². The second kappa shape index (κ2) is 11.5. The zero-order valence-electron chi connectivity index (χ0n) is 31.0. The summed E-state index contributed by atoms with van der Waals surface area (Å²) in [5.41, 5.74) is -2.82. The van der Waals surface area contributed by atoms with E-state index >= 15 is 0 Å². The fourth-order valence-corrected chi connectivity index (χ4v) is 14.1. The van der Waals surface area contributed by atoms with Crippen LogP contribution in [0.25, 0.3) is 0 Å². The molecule has 0 amide bonds. The quantitative estimate of drug-likeness (QED) is 0.157. The van der Waals surface area contributed by atoms with Gasteiger partial charge in [0.15, 0.2) is 18.2 Å². The predicted molar refractivity (Wildman–Crippen MR) is 178 cm³/mol. The summed E-state index contributed by atoms with van der Waals surface area (Å²) in [4.78, 5) is 12.1. The average Bonchev–Trinajstić information content (AvgIpc) is 3.66. The third-order valence-electron chi connectivity index (χ3n) is 16.3. The molecular formula is C38H62O12. The number of fused-ring (bicyclic) bond motifs is 4. The number of rotatable bonds is 6. The summed E-state index contributed by atoms with van der Waals surface area (Å²) in [5.74, 6) is -2.42. The van der Waals surface area contributed by atoms with Gasteiger partial charge in [-0.15, -0.1) is 0 Å². The molecular weight excluding hydrogens is 648 g/mol. The lowest BCUT2D eigenvalue weighted by atomic mass is 9.41. The number of esters is 1. The smallest absolute Gasteiger partial charge is 0.303 e. The summed E-state index contributed by atoms with van der Waals surface area (Å²) in [5, 5.41) is 77.3. The molecule has 18 atom stereocenters. The van der Waals surface area contributed by atoms with Crippen molar-refractivity contribution in [1.29, 1.82) is 0 Å². The second-order valence-corrected chi connectivity index (χ2v) is 19.2. The molecule has 2 spiro atoms. The standard InChI is InChI=1S/C38H62O12/c1-18-15-20(29(33(5,6)45)47-19(2)40)50-38(46)28(18)34(7)13-14-37-17-36(37)12-11-24(49-30-27(43)26(42)25(41)21(16-39)48-30)32(3,4)22(36)9-10-23(37)35(34,8)31(38)44/h18,20-31,39,41-46H,9-17H2,1-8H3. The largest absolute Gasteiger partial charge is 0.457 e. The van der Waals surface area contributed by atoms with Crippen molar-refractivity contribution in [3.05, 3.63) is 0 Å². The van der Waals surface area contributed by atoms with E-state index in [1.165, 1.54) is 6.92 Å². The second-order valence-electron chi connectivity index (χ2n) is 19.2. The van der Waals surface area contributed by atoms with Gasteiger partial charge in [0.1, 0.15) is 36.6 Å². The van der Waals surface area contributed by atoms with E-state index in [0.29, 0.717) is 18.8 Å². The van der Waals surface area contributed by atoms with Crippen molar-refractivity contribution in [3.8, 4) is 0 Å². The summed E-state index contributed by atoms with van der Waals surface area (Å²) in [6, 6.07) is 0. The van der Waals surface area contributed by atoms with Crippen LogP contribution in [-0.4, -0.2) is 115 Å². The maximum Gasteiger partial charge on any atom is 0.303 e. The van der Waals surface area contributed by atoms with Gasteiger partial charge in [-0.05, 0) is 105 Å². The van der Waals surface area contributed by atoms with Crippen LogP contribution in [0, 0.1) is 50.7 Å². The Balaban J connectivity index is 1.16. The van der Waals surface area contributed by atoms with E-state index in [4.69, 9.17) is 18.9 Å². The first kappa shape index (κ1) is 37.4. The molecule has 2 saturated heterocycles. The van der Waals surface area contributed by atoms with Gasteiger partial charge in [-0.25, -0.2) is 0 Å². The van der Waals surface area contributed by atoms with Crippen molar-refractivity contribution in [3.63, 3.8) is 0 Å². The zero-order chi connectivity index (χ0) is 36.8. The van der Waals surface area contributed by atoms with Crippen molar-refractivity contribution in [2.45, 2.75) is 173 Å². The van der Waals surface area contributed by atoms with Crippen molar-refractivity contribution in [1.82, 2.24) is 0 Å². The molecule has 286 valence electrons. The number of hydrogen-bond donors (Lipinski definition) is 7. The van der Waals surface area contributed by atoms with Crippen LogP contribution < -0.4 is 0 Å². The number of carbonyl (C=O) groups excluding carboxylic acids is 1. The first-order valence-corrected chi connectivity index (χ1v) is 19.0. The highest BCUT2D eigenvalue weighted by atomic mass is 16.7. The van der Waals surface area contributed by atoms with Gasteiger partial charge in [-0.3, -0.25) is 4.79 Å². The van der Waals surface area contributed by atoms with Gasteiger partial charge in [0, 0.05) is 18.3 Å². The molecule has 0 bridgehead atoms. The van der Waals surface area contributed by atoms with Crippen molar-refractivity contribution in [2.75, 3.05) is 6.61 Å². The Bertz CT molecular complexity index is 1350. The lowest BCUT2D eigenvalue weighted by Crippen LogP contribution is -2.62. The minimum Gasteiger partial charge on any atom is -0.457 e. The van der Waals surface area contributed by atoms with Crippen LogP contribution in [0.5, 0.6) is 0 Å². The highest BCUT2D eigenvalue weighted by molar-refractivity contribution is 5.66. The fraction of sp³-hybridized carbons (Fsp3) is 0.974. The number of carbonyl (C=O) groups is 1. The summed E-state index contributed by atoms with van der Waals surface area (Å²) < 4.78 is 24.4. The third kappa shape index (κ3) is 4.68. The molecule has 0 aromatic heterocycles. The molecule has 0 aromatic rings. The summed E-state index contributed by atoms with van der Waals surface area (Å²) in [7, 11) is 0. The molecule has 12 nitrogen and oxygen atoms in total. The number of ether oxygens (including phenoxy) is 4. The summed E-state index contributed by atoms with van der Waals surface area (Å²) >= 11 is 0. The average molecular weight is 711 g/mol. The van der Waals surface area contributed by atoms with Gasteiger partial charge in [-0.1, -0.05) is 34.6 Å². The molecule has 0 radical (unpaired) electrons. The maximum atomic E-state index is 12.6. The van der Waals surface area contributed by atoms with E-state index in [1.807, 2.05) is 0 Å². The van der Waals surface area contributed by atoms with E-state index in [2.05, 4.69) is 34.6 Å². The molecule has 7 fully saturated rings. The molecule has 0 aromatic carbocycles. The molecule has 2 heterocycles.